The van der Waals surface area contributed by atoms with Crippen molar-refractivity contribution in [3.8, 4) is 0 Å². The lowest BCUT2D eigenvalue weighted by Gasteiger charge is -2.22. The molecule has 138 valence electrons. The smallest absolute Gasteiger partial charge is 0.332 e. The van der Waals surface area contributed by atoms with E-state index in [1.165, 1.54) is 11.6 Å². The first-order valence-electron chi connectivity index (χ1n) is 8.94. The van der Waals surface area contributed by atoms with Crippen molar-refractivity contribution in [3.05, 3.63) is 92.6 Å². The molecule has 0 fully saturated rings. The summed E-state index contributed by atoms with van der Waals surface area (Å²) in [5.74, 6) is 0.683. The number of fused-ring (bicyclic) bond motifs is 1. The molecule has 0 amide bonds. The quantitative estimate of drug-likeness (QED) is 0.713. The summed E-state index contributed by atoms with van der Waals surface area (Å²) < 4.78 is 2.76. The summed E-state index contributed by atoms with van der Waals surface area (Å²) in [6.07, 6.45) is 0. The maximum Gasteiger partial charge on any atom is 0.332 e. The van der Waals surface area contributed by atoms with Gasteiger partial charge in [0.1, 0.15) is 11.5 Å². The van der Waals surface area contributed by atoms with Crippen LogP contribution in [0.1, 0.15) is 11.1 Å². The standard InChI is InChI=1S/C21H22N4O2/c1-22-19-18(20(26)23(2)21(22)27)24(13-16-9-5-3-6-10-16)15-25(19)14-17-11-7-4-8-12-17/h3-12H,13-15H2,1-2H3. The van der Waals surface area contributed by atoms with Crippen LogP contribution in [-0.2, 0) is 27.2 Å². The molecule has 6 heteroatoms. The summed E-state index contributed by atoms with van der Waals surface area (Å²) in [7, 11) is 3.26. The lowest BCUT2D eigenvalue weighted by Crippen LogP contribution is -2.39. The zero-order valence-corrected chi connectivity index (χ0v) is 15.5. The summed E-state index contributed by atoms with van der Waals surface area (Å²) in [5, 5.41) is 0. The Bertz CT molecular complexity index is 1070. The van der Waals surface area contributed by atoms with E-state index >= 15 is 0 Å². The summed E-state index contributed by atoms with van der Waals surface area (Å²) in [4.78, 5) is 29.6. The van der Waals surface area contributed by atoms with Gasteiger partial charge in [-0.2, -0.15) is 0 Å². The van der Waals surface area contributed by atoms with Crippen LogP contribution in [0.4, 0.5) is 11.5 Å². The Morgan fingerprint density at radius 2 is 1.26 bits per heavy atom. The number of hydrogen-bond donors (Lipinski definition) is 0. The molecule has 0 bridgehead atoms. The van der Waals surface area contributed by atoms with Crippen molar-refractivity contribution >= 4 is 11.5 Å². The number of aromatic nitrogens is 2. The SMILES string of the molecule is Cn1c2c(c(=O)n(C)c1=O)N(Cc1ccccc1)CN2Cc1ccccc1. The first kappa shape index (κ1) is 17.1. The van der Waals surface area contributed by atoms with E-state index in [0.717, 1.165) is 11.1 Å². The number of benzene rings is 2. The summed E-state index contributed by atoms with van der Waals surface area (Å²) >= 11 is 0. The normalized spacial score (nSPS) is 13.1. The molecule has 0 saturated heterocycles. The maximum atomic E-state index is 12.9. The Balaban J connectivity index is 1.79. The monoisotopic (exact) mass is 362 g/mol. The third-order valence-corrected chi connectivity index (χ3v) is 5.00. The van der Waals surface area contributed by atoms with Gasteiger partial charge >= 0.3 is 5.69 Å². The highest BCUT2D eigenvalue weighted by Gasteiger charge is 2.32. The molecule has 0 radical (unpaired) electrons. The first-order chi connectivity index (χ1) is 13.1. The van der Waals surface area contributed by atoms with E-state index in [0.29, 0.717) is 31.3 Å². The highest BCUT2D eigenvalue weighted by atomic mass is 16.2. The fourth-order valence-corrected chi connectivity index (χ4v) is 3.66. The molecule has 1 aromatic heterocycles. The molecular weight excluding hydrogens is 340 g/mol. The van der Waals surface area contributed by atoms with Crippen molar-refractivity contribution in [3.63, 3.8) is 0 Å². The van der Waals surface area contributed by atoms with E-state index in [2.05, 4.69) is 21.9 Å². The van der Waals surface area contributed by atoms with E-state index in [1.54, 1.807) is 11.6 Å². The predicted octanol–water partition coefficient (Wildman–Crippen LogP) is 2.07. The molecule has 6 nitrogen and oxygen atoms in total. The van der Waals surface area contributed by atoms with Crippen molar-refractivity contribution < 1.29 is 0 Å². The Hall–Kier alpha value is -3.28. The van der Waals surface area contributed by atoms with Crippen molar-refractivity contribution in [1.29, 1.82) is 0 Å². The van der Waals surface area contributed by atoms with Gasteiger partial charge in [-0.05, 0) is 11.1 Å². The molecule has 1 aliphatic heterocycles. The Morgan fingerprint density at radius 1 is 0.741 bits per heavy atom. The Morgan fingerprint density at radius 3 is 1.81 bits per heavy atom. The van der Waals surface area contributed by atoms with Crippen molar-refractivity contribution in [2.75, 3.05) is 16.5 Å². The van der Waals surface area contributed by atoms with Gasteiger partial charge in [0.2, 0.25) is 0 Å². The average Bonchev–Trinajstić information content (AvgIpc) is 3.04. The Kier molecular flexibility index (Phi) is 4.32. The molecule has 4 rings (SSSR count). The molecule has 2 heterocycles. The molecule has 2 aromatic carbocycles. The summed E-state index contributed by atoms with van der Waals surface area (Å²) in [6.45, 7) is 1.82. The van der Waals surface area contributed by atoms with Gasteiger partial charge in [-0.3, -0.25) is 13.9 Å². The lowest BCUT2D eigenvalue weighted by atomic mass is 10.2. The molecule has 3 aromatic rings. The largest absolute Gasteiger partial charge is 0.342 e. The second-order valence-electron chi connectivity index (χ2n) is 6.89. The lowest BCUT2D eigenvalue weighted by molar-refractivity contribution is 0.680. The van der Waals surface area contributed by atoms with Gasteiger partial charge < -0.3 is 9.80 Å². The molecule has 27 heavy (non-hydrogen) atoms. The second-order valence-corrected chi connectivity index (χ2v) is 6.89. The van der Waals surface area contributed by atoms with E-state index < -0.39 is 0 Å². The fourth-order valence-electron chi connectivity index (χ4n) is 3.66. The van der Waals surface area contributed by atoms with Crippen LogP contribution in [0.2, 0.25) is 0 Å². The van der Waals surface area contributed by atoms with Gasteiger partial charge in [-0.15, -0.1) is 0 Å². The highest BCUT2D eigenvalue weighted by Crippen LogP contribution is 2.33. The number of anilines is 2. The maximum absolute atomic E-state index is 12.9. The molecule has 0 saturated carbocycles. The van der Waals surface area contributed by atoms with Crippen LogP contribution < -0.4 is 21.0 Å². The molecule has 0 unspecified atom stereocenters. The molecule has 0 atom stereocenters. The highest BCUT2D eigenvalue weighted by molar-refractivity contribution is 5.72. The predicted molar refractivity (Wildman–Crippen MR) is 107 cm³/mol. The van der Waals surface area contributed by atoms with E-state index in [-0.39, 0.29) is 11.2 Å². The zero-order valence-electron chi connectivity index (χ0n) is 15.5. The number of hydrogen-bond acceptors (Lipinski definition) is 4. The summed E-state index contributed by atoms with van der Waals surface area (Å²) in [6, 6.07) is 20.1. The van der Waals surface area contributed by atoms with Gasteiger partial charge in [-0.25, -0.2) is 4.79 Å². The van der Waals surface area contributed by atoms with Crippen LogP contribution in [-0.4, -0.2) is 15.8 Å². The van der Waals surface area contributed by atoms with Crippen LogP contribution >= 0.6 is 0 Å². The van der Waals surface area contributed by atoms with Crippen LogP contribution in [0.15, 0.2) is 70.3 Å². The first-order valence-corrected chi connectivity index (χ1v) is 8.94. The minimum absolute atomic E-state index is 0.250. The van der Waals surface area contributed by atoms with Gasteiger partial charge in [0.15, 0.2) is 0 Å². The van der Waals surface area contributed by atoms with Crippen molar-refractivity contribution in [2.24, 2.45) is 14.1 Å². The average molecular weight is 362 g/mol. The van der Waals surface area contributed by atoms with Crippen molar-refractivity contribution in [1.82, 2.24) is 9.13 Å². The third kappa shape index (κ3) is 3.03. The van der Waals surface area contributed by atoms with Gasteiger partial charge in [0.25, 0.3) is 5.56 Å². The van der Waals surface area contributed by atoms with Crippen LogP contribution in [0.25, 0.3) is 0 Å². The summed E-state index contributed by atoms with van der Waals surface area (Å²) in [5.41, 5.74) is 2.29. The number of nitrogens with zero attached hydrogens (tertiary/aromatic N) is 4. The number of rotatable bonds is 4. The second kappa shape index (κ2) is 6.79. The third-order valence-electron chi connectivity index (χ3n) is 5.00. The topological polar surface area (TPSA) is 50.5 Å². The van der Waals surface area contributed by atoms with Gasteiger partial charge in [0.05, 0.1) is 6.67 Å². The molecule has 1 aliphatic rings. The molecular formula is C21H22N4O2. The fraction of sp³-hybridized carbons (Fsp3) is 0.238. The molecule has 0 spiro atoms. The van der Waals surface area contributed by atoms with Gasteiger partial charge in [-0.1, -0.05) is 60.7 Å². The van der Waals surface area contributed by atoms with Crippen molar-refractivity contribution in [2.45, 2.75) is 13.1 Å². The Labute approximate surface area is 157 Å². The van der Waals surface area contributed by atoms with E-state index in [1.807, 2.05) is 48.5 Å². The van der Waals surface area contributed by atoms with Crippen LogP contribution in [0, 0.1) is 0 Å². The molecule has 0 N–H and O–H groups in total. The van der Waals surface area contributed by atoms with E-state index in [4.69, 9.17) is 0 Å². The molecule has 0 aliphatic carbocycles. The minimum atomic E-state index is -0.307. The van der Waals surface area contributed by atoms with Crippen LogP contribution in [0.3, 0.4) is 0 Å². The van der Waals surface area contributed by atoms with Crippen LogP contribution in [0.5, 0.6) is 0 Å². The minimum Gasteiger partial charge on any atom is -0.342 e. The van der Waals surface area contributed by atoms with Gasteiger partial charge in [0, 0.05) is 27.2 Å². The zero-order chi connectivity index (χ0) is 19.0. The van der Waals surface area contributed by atoms with E-state index in [9.17, 15) is 9.59 Å².